The lowest BCUT2D eigenvalue weighted by atomic mass is 10.2. The van der Waals surface area contributed by atoms with Gasteiger partial charge in [-0.3, -0.25) is 0 Å². The summed E-state index contributed by atoms with van der Waals surface area (Å²) in [5, 5.41) is 0.741. The lowest BCUT2D eigenvalue weighted by molar-refractivity contribution is 0.627. The number of fused-ring (bicyclic) bond motifs is 1. The number of hydrogen-bond donors (Lipinski definition) is 0. The maximum Gasteiger partial charge on any atom is 0.111 e. The minimum atomic E-state index is 0.637. The summed E-state index contributed by atoms with van der Waals surface area (Å²) in [5.41, 5.74) is 2.36. The molecule has 0 saturated carbocycles. The van der Waals surface area contributed by atoms with Crippen LogP contribution >= 0.6 is 46.0 Å². The summed E-state index contributed by atoms with van der Waals surface area (Å²) in [6.07, 6.45) is 3.53. The van der Waals surface area contributed by atoms with Gasteiger partial charge in [0.1, 0.15) is 5.82 Å². The molecule has 1 unspecified atom stereocenters. The van der Waals surface area contributed by atoms with Gasteiger partial charge in [0.25, 0.3) is 0 Å². The van der Waals surface area contributed by atoms with Crippen molar-refractivity contribution in [3.8, 4) is 0 Å². The number of aromatic nitrogens is 2. The maximum absolute atomic E-state index is 5.92. The zero-order valence-electron chi connectivity index (χ0n) is 10.6. The molecule has 1 saturated heterocycles. The van der Waals surface area contributed by atoms with Crippen molar-refractivity contribution in [3.63, 3.8) is 0 Å². The Morgan fingerprint density at radius 1 is 1.47 bits per heavy atom. The molecular weight excluding hydrogens is 391 g/mol. The van der Waals surface area contributed by atoms with Crippen molar-refractivity contribution in [2.45, 2.75) is 31.1 Å². The van der Waals surface area contributed by atoms with E-state index in [1.54, 1.807) is 0 Å². The molecule has 0 spiro atoms. The molecule has 0 amide bonds. The highest BCUT2D eigenvalue weighted by molar-refractivity contribution is 14.1. The van der Waals surface area contributed by atoms with Crippen molar-refractivity contribution in [3.05, 3.63) is 27.6 Å². The third-order valence-electron chi connectivity index (χ3n) is 3.52. The van der Waals surface area contributed by atoms with E-state index in [4.69, 9.17) is 16.6 Å². The third kappa shape index (κ3) is 3.05. The summed E-state index contributed by atoms with van der Waals surface area (Å²) in [6.45, 7) is 1.08. The number of imidazole rings is 1. The quantitative estimate of drug-likeness (QED) is 0.556. The van der Waals surface area contributed by atoms with Gasteiger partial charge in [0.15, 0.2) is 0 Å². The predicted octanol–water partition coefficient (Wildman–Crippen LogP) is 4.32. The fourth-order valence-corrected chi connectivity index (χ4v) is 4.52. The van der Waals surface area contributed by atoms with Crippen LogP contribution in [0, 0.1) is 3.57 Å². The van der Waals surface area contributed by atoms with Gasteiger partial charge >= 0.3 is 0 Å². The molecule has 1 aliphatic rings. The number of alkyl halides is 1. The molecule has 1 atom stereocenters. The summed E-state index contributed by atoms with van der Waals surface area (Å²) >= 11 is 10.4. The standard InChI is InChI=1S/C14H16ClIN2S/c15-6-5-14-17-12-8-10(16)3-4-13(12)18(14)9-11-2-1-7-19-11/h3-4,8,11H,1-2,5-7,9H2. The topological polar surface area (TPSA) is 17.8 Å². The van der Waals surface area contributed by atoms with Crippen molar-refractivity contribution in [1.29, 1.82) is 0 Å². The zero-order valence-corrected chi connectivity index (χ0v) is 14.3. The van der Waals surface area contributed by atoms with E-state index in [-0.39, 0.29) is 0 Å². The van der Waals surface area contributed by atoms with E-state index in [9.17, 15) is 0 Å². The number of benzene rings is 1. The van der Waals surface area contributed by atoms with Gasteiger partial charge in [0, 0.05) is 27.7 Å². The SMILES string of the molecule is ClCCc1nc2cc(I)ccc2n1CC1CCCS1. The van der Waals surface area contributed by atoms with Crippen LogP contribution in [0.5, 0.6) is 0 Å². The molecular formula is C14H16ClIN2S. The number of thioether (sulfide) groups is 1. The van der Waals surface area contributed by atoms with Crippen LogP contribution in [0.2, 0.25) is 0 Å². The molecule has 1 aliphatic heterocycles. The average molecular weight is 407 g/mol. The smallest absolute Gasteiger partial charge is 0.111 e. The van der Waals surface area contributed by atoms with Crippen LogP contribution in [-0.4, -0.2) is 26.4 Å². The Bertz CT molecular complexity index is 578. The Kier molecular flexibility index (Phi) is 4.59. The molecule has 1 aromatic carbocycles. The molecule has 0 radical (unpaired) electrons. The summed E-state index contributed by atoms with van der Waals surface area (Å²) in [7, 11) is 0. The monoisotopic (exact) mass is 406 g/mol. The summed E-state index contributed by atoms with van der Waals surface area (Å²) in [4.78, 5) is 4.77. The number of hydrogen-bond acceptors (Lipinski definition) is 2. The van der Waals surface area contributed by atoms with E-state index < -0.39 is 0 Å². The minimum absolute atomic E-state index is 0.637. The Balaban J connectivity index is 2.00. The van der Waals surface area contributed by atoms with E-state index in [2.05, 4.69) is 57.1 Å². The van der Waals surface area contributed by atoms with Crippen LogP contribution in [0.1, 0.15) is 18.7 Å². The minimum Gasteiger partial charge on any atom is -0.327 e. The van der Waals surface area contributed by atoms with Crippen molar-refractivity contribution in [1.82, 2.24) is 9.55 Å². The van der Waals surface area contributed by atoms with Crippen LogP contribution in [0.15, 0.2) is 18.2 Å². The summed E-state index contributed by atoms with van der Waals surface area (Å²) in [6, 6.07) is 6.51. The van der Waals surface area contributed by atoms with Gasteiger partial charge in [-0.1, -0.05) is 0 Å². The van der Waals surface area contributed by atoms with Gasteiger partial charge in [0.05, 0.1) is 11.0 Å². The van der Waals surface area contributed by atoms with Crippen LogP contribution in [0.4, 0.5) is 0 Å². The van der Waals surface area contributed by atoms with Gasteiger partial charge in [-0.15, -0.1) is 11.6 Å². The molecule has 2 nitrogen and oxygen atoms in total. The molecule has 2 heterocycles. The molecule has 5 heteroatoms. The number of aryl methyl sites for hydroxylation is 1. The fourth-order valence-electron chi connectivity index (χ4n) is 2.62. The van der Waals surface area contributed by atoms with E-state index in [0.717, 1.165) is 29.6 Å². The van der Waals surface area contributed by atoms with Gasteiger partial charge in [-0.2, -0.15) is 11.8 Å². The predicted molar refractivity (Wildman–Crippen MR) is 92.4 cm³/mol. The van der Waals surface area contributed by atoms with E-state index in [1.807, 2.05) is 0 Å². The zero-order chi connectivity index (χ0) is 13.2. The highest BCUT2D eigenvalue weighted by atomic mass is 127. The highest BCUT2D eigenvalue weighted by Gasteiger charge is 2.19. The number of rotatable bonds is 4. The second kappa shape index (κ2) is 6.22. The first-order chi connectivity index (χ1) is 9.28. The first kappa shape index (κ1) is 14.0. The maximum atomic E-state index is 5.92. The molecule has 0 aliphatic carbocycles. The van der Waals surface area contributed by atoms with Gasteiger partial charge in [-0.05, 0) is 59.4 Å². The van der Waals surface area contributed by atoms with E-state index >= 15 is 0 Å². The molecule has 1 fully saturated rings. The van der Waals surface area contributed by atoms with Crippen molar-refractivity contribution in [2.75, 3.05) is 11.6 Å². The third-order valence-corrected chi connectivity index (χ3v) is 5.76. The molecule has 102 valence electrons. The average Bonchev–Trinajstić information content (AvgIpc) is 2.99. The molecule has 1 aromatic heterocycles. The second-order valence-corrected chi connectivity index (χ2v) is 7.88. The number of nitrogens with zero attached hydrogens (tertiary/aromatic N) is 2. The van der Waals surface area contributed by atoms with Gasteiger partial charge in [0.2, 0.25) is 0 Å². The van der Waals surface area contributed by atoms with E-state index in [1.165, 1.54) is 27.7 Å². The van der Waals surface area contributed by atoms with Crippen LogP contribution in [-0.2, 0) is 13.0 Å². The molecule has 0 N–H and O–H groups in total. The lowest BCUT2D eigenvalue weighted by Crippen LogP contribution is -2.13. The van der Waals surface area contributed by atoms with Crippen molar-refractivity contribution >= 4 is 57.0 Å². The van der Waals surface area contributed by atoms with Crippen LogP contribution in [0.25, 0.3) is 11.0 Å². The molecule has 3 rings (SSSR count). The van der Waals surface area contributed by atoms with Crippen LogP contribution < -0.4 is 0 Å². The van der Waals surface area contributed by atoms with Gasteiger partial charge < -0.3 is 4.57 Å². The highest BCUT2D eigenvalue weighted by Crippen LogP contribution is 2.29. The first-order valence-electron chi connectivity index (χ1n) is 6.60. The van der Waals surface area contributed by atoms with E-state index in [0.29, 0.717) is 5.88 Å². The molecule has 2 aromatic rings. The summed E-state index contributed by atoms with van der Waals surface area (Å²) in [5.74, 6) is 3.08. The normalized spacial score (nSPS) is 19.4. The second-order valence-electron chi connectivity index (χ2n) is 4.85. The van der Waals surface area contributed by atoms with Crippen molar-refractivity contribution < 1.29 is 0 Å². The molecule has 0 bridgehead atoms. The Morgan fingerprint density at radius 2 is 2.37 bits per heavy atom. The fraction of sp³-hybridized carbons (Fsp3) is 0.500. The Labute approximate surface area is 136 Å². The lowest BCUT2D eigenvalue weighted by Gasteiger charge is -2.13. The van der Waals surface area contributed by atoms with Crippen molar-refractivity contribution in [2.24, 2.45) is 0 Å². The Morgan fingerprint density at radius 3 is 3.11 bits per heavy atom. The van der Waals surface area contributed by atoms with Gasteiger partial charge in [-0.25, -0.2) is 4.98 Å². The summed E-state index contributed by atoms with van der Waals surface area (Å²) < 4.78 is 3.62. The Hall–Kier alpha value is 0.0600. The molecule has 19 heavy (non-hydrogen) atoms. The largest absolute Gasteiger partial charge is 0.327 e. The van der Waals surface area contributed by atoms with Crippen LogP contribution in [0.3, 0.4) is 0 Å². The first-order valence-corrected chi connectivity index (χ1v) is 9.26. The number of halogens is 2.